The summed E-state index contributed by atoms with van der Waals surface area (Å²) >= 11 is 0. The average molecular weight is 278 g/mol. The van der Waals surface area contributed by atoms with Crippen LogP contribution in [0.15, 0.2) is 35.5 Å². The minimum absolute atomic E-state index is 0.129. The van der Waals surface area contributed by atoms with Crippen molar-refractivity contribution >= 4 is 12.0 Å². The van der Waals surface area contributed by atoms with E-state index in [-0.39, 0.29) is 5.70 Å². The Morgan fingerprint density at radius 2 is 2.05 bits per heavy atom. The van der Waals surface area contributed by atoms with Crippen LogP contribution in [-0.2, 0) is 9.53 Å². The summed E-state index contributed by atoms with van der Waals surface area (Å²) in [4.78, 5) is 24.9. The third kappa shape index (κ3) is 2.24. The summed E-state index contributed by atoms with van der Waals surface area (Å²) in [5.41, 5.74) is 0.974. The van der Waals surface area contributed by atoms with E-state index in [1.165, 1.54) is 25.1 Å². The van der Waals surface area contributed by atoms with Crippen molar-refractivity contribution < 1.29 is 18.7 Å². The monoisotopic (exact) mass is 278 g/mol. The molecule has 5 nitrogen and oxygen atoms in total. The summed E-state index contributed by atoms with van der Waals surface area (Å²) in [5, 5.41) is 2.66. The summed E-state index contributed by atoms with van der Waals surface area (Å²) in [6.07, 6.45) is 0. The van der Waals surface area contributed by atoms with Crippen molar-refractivity contribution in [2.45, 2.75) is 13.0 Å². The van der Waals surface area contributed by atoms with Crippen molar-refractivity contribution in [2.24, 2.45) is 0 Å². The maximum absolute atomic E-state index is 13.9. The zero-order valence-corrected chi connectivity index (χ0v) is 11.4. The summed E-state index contributed by atoms with van der Waals surface area (Å²) in [5.74, 6) is -1.06. The number of amides is 2. The van der Waals surface area contributed by atoms with Gasteiger partial charge in [0.2, 0.25) is 0 Å². The van der Waals surface area contributed by atoms with Gasteiger partial charge in [-0.25, -0.2) is 14.0 Å². The Morgan fingerprint density at radius 1 is 1.40 bits per heavy atom. The predicted molar refractivity (Wildman–Crippen MR) is 70.2 cm³/mol. The first-order chi connectivity index (χ1) is 9.47. The first-order valence-electron chi connectivity index (χ1n) is 6.05. The summed E-state index contributed by atoms with van der Waals surface area (Å²) in [7, 11) is 2.70. The third-order valence-corrected chi connectivity index (χ3v) is 3.31. The normalized spacial score (nSPS) is 18.9. The molecular formula is C14H15FN2O3. The number of carbonyl (C=O) groups is 2. The standard InChI is InChI=1S/C14H15FN2O3/c1-8-11(9-6-4-5-7-10(9)15)16-14(19)17(2)12(8)13(18)20-3/h4-7,11H,1-3H3,(H,16,19)/t11-/m0/s1. The van der Waals surface area contributed by atoms with Crippen molar-refractivity contribution in [3.8, 4) is 0 Å². The lowest BCUT2D eigenvalue weighted by Gasteiger charge is -2.33. The Kier molecular flexibility index (Phi) is 3.74. The van der Waals surface area contributed by atoms with Gasteiger partial charge >= 0.3 is 12.0 Å². The van der Waals surface area contributed by atoms with Gasteiger partial charge < -0.3 is 10.1 Å². The molecule has 1 N–H and O–H groups in total. The fraction of sp³-hybridized carbons (Fsp3) is 0.286. The number of rotatable bonds is 2. The van der Waals surface area contributed by atoms with Gasteiger partial charge in [0, 0.05) is 12.6 Å². The van der Waals surface area contributed by atoms with Crippen LogP contribution in [0.2, 0.25) is 0 Å². The average Bonchev–Trinajstić information content (AvgIpc) is 2.43. The second-order valence-corrected chi connectivity index (χ2v) is 4.49. The Bertz CT molecular complexity index is 598. The zero-order valence-electron chi connectivity index (χ0n) is 11.4. The number of urea groups is 1. The van der Waals surface area contributed by atoms with Crippen molar-refractivity contribution in [2.75, 3.05) is 14.2 Å². The van der Waals surface area contributed by atoms with E-state index in [4.69, 9.17) is 0 Å². The van der Waals surface area contributed by atoms with Crippen LogP contribution in [0.3, 0.4) is 0 Å². The van der Waals surface area contributed by atoms with E-state index in [1.54, 1.807) is 25.1 Å². The number of ether oxygens (including phenoxy) is 1. The molecule has 1 atom stereocenters. The minimum atomic E-state index is -0.686. The fourth-order valence-corrected chi connectivity index (χ4v) is 2.25. The summed E-state index contributed by atoms with van der Waals surface area (Å²) < 4.78 is 18.6. The van der Waals surface area contributed by atoms with Crippen LogP contribution in [0.5, 0.6) is 0 Å². The van der Waals surface area contributed by atoms with Crippen LogP contribution in [-0.4, -0.2) is 31.1 Å². The van der Waals surface area contributed by atoms with Crippen LogP contribution < -0.4 is 5.32 Å². The van der Waals surface area contributed by atoms with Crippen LogP contribution in [0.4, 0.5) is 9.18 Å². The van der Waals surface area contributed by atoms with E-state index >= 15 is 0 Å². The maximum atomic E-state index is 13.9. The minimum Gasteiger partial charge on any atom is -0.464 e. The highest BCUT2D eigenvalue weighted by molar-refractivity contribution is 5.95. The first-order valence-corrected chi connectivity index (χ1v) is 6.05. The molecule has 1 aromatic rings. The largest absolute Gasteiger partial charge is 0.464 e. The van der Waals surface area contributed by atoms with E-state index < -0.39 is 23.9 Å². The molecule has 0 saturated carbocycles. The lowest BCUT2D eigenvalue weighted by atomic mass is 9.95. The number of halogens is 1. The molecule has 2 rings (SSSR count). The van der Waals surface area contributed by atoms with Crippen LogP contribution in [0, 0.1) is 5.82 Å². The van der Waals surface area contributed by atoms with Gasteiger partial charge in [0.05, 0.1) is 13.2 Å². The Hall–Kier alpha value is -2.37. The van der Waals surface area contributed by atoms with Gasteiger partial charge in [0.25, 0.3) is 0 Å². The fourth-order valence-electron chi connectivity index (χ4n) is 2.25. The van der Waals surface area contributed by atoms with Gasteiger partial charge in [-0.2, -0.15) is 0 Å². The molecule has 1 aliphatic rings. The number of hydrogen-bond acceptors (Lipinski definition) is 3. The molecular weight excluding hydrogens is 263 g/mol. The smallest absolute Gasteiger partial charge is 0.354 e. The molecule has 0 spiro atoms. The van der Waals surface area contributed by atoms with E-state index in [1.807, 2.05) is 0 Å². The van der Waals surface area contributed by atoms with Crippen LogP contribution in [0.25, 0.3) is 0 Å². The molecule has 0 aliphatic carbocycles. The number of likely N-dealkylation sites (N-methyl/N-ethyl adjacent to an activating group) is 1. The molecule has 2 amide bonds. The zero-order chi connectivity index (χ0) is 14.9. The third-order valence-electron chi connectivity index (χ3n) is 3.31. The molecule has 0 aromatic heterocycles. The molecule has 6 heteroatoms. The summed E-state index contributed by atoms with van der Waals surface area (Å²) in [6, 6.07) is 4.96. The van der Waals surface area contributed by atoms with Crippen LogP contribution >= 0.6 is 0 Å². The molecule has 0 saturated heterocycles. The van der Waals surface area contributed by atoms with Gasteiger partial charge in [-0.15, -0.1) is 0 Å². The molecule has 0 radical (unpaired) electrons. The number of carbonyl (C=O) groups excluding carboxylic acids is 2. The molecule has 1 heterocycles. The maximum Gasteiger partial charge on any atom is 0.354 e. The van der Waals surface area contributed by atoms with Crippen molar-refractivity contribution in [3.63, 3.8) is 0 Å². The topological polar surface area (TPSA) is 58.6 Å². The lowest BCUT2D eigenvalue weighted by Crippen LogP contribution is -2.46. The van der Waals surface area contributed by atoms with Gasteiger partial charge in [-0.3, -0.25) is 4.90 Å². The molecule has 0 unspecified atom stereocenters. The highest BCUT2D eigenvalue weighted by Gasteiger charge is 2.34. The molecule has 1 aliphatic heterocycles. The number of hydrogen-bond donors (Lipinski definition) is 1. The molecule has 1 aromatic carbocycles. The van der Waals surface area contributed by atoms with E-state index in [0.29, 0.717) is 11.1 Å². The Morgan fingerprint density at radius 3 is 2.65 bits per heavy atom. The van der Waals surface area contributed by atoms with Gasteiger partial charge in [-0.1, -0.05) is 18.2 Å². The second kappa shape index (κ2) is 5.32. The quantitative estimate of drug-likeness (QED) is 0.841. The second-order valence-electron chi connectivity index (χ2n) is 4.49. The van der Waals surface area contributed by atoms with Crippen molar-refractivity contribution in [1.82, 2.24) is 10.2 Å². The Balaban J connectivity index is 2.55. The predicted octanol–water partition coefficient (Wildman–Crippen LogP) is 1.97. The van der Waals surface area contributed by atoms with E-state index in [0.717, 1.165) is 0 Å². The van der Waals surface area contributed by atoms with E-state index in [2.05, 4.69) is 10.1 Å². The lowest BCUT2D eigenvalue weighted by molar-refractivity contribution is -0.137. The number of methoxy groups -OCH3 is 1. The Labute approximate surface area is 116 Å². The molecule has 106 valence electrons. The van der Waals surface area contributed by atoms with Gasteiger partial charge in [-0.05, 0) is 18.6 Å². The van der Waals surface area contributed by atoms with Gasteiger partial charge in [0.1, 0.15) is 11.5 Å². The molecule has 0 fully saturated rings. The van der Waals surface area contributed by atoms with E-state index in [9.17, 15) is 14.0 Å². The number of esters is 1. The number of nitrogens with one attached hydrogen (secondary N) is 1. The molecule has 20 heavy (non-hydrogen) atoms. The van der Waals surface area contributed by atoms with Crippen molar-refractivity contribution in [1.29, 1.82) is 0 Å². The number of benzene rings is 1. The van der Waals surface area contributed by atoms with Gasteiger partial charge in [0.15, 0.2) is 0 Å². The SMILES string of the molecule is COC(=O)C1=C(C)[C@@H](c2ccccc2F)NC(=O)N1C. The number of nitrogens with zero attached hydrogens (tertiary/aromatic N) is 1. The highest BCUT2D eigenvalue weighted by Crippen LogP contribution is 2.31. The highest BCUT2D eigenvalue weighted by atomic mass is 19.1. The van der Waals surface area contributed by atoms with Crippen molar-refractivity contribution in [3.05, 3.63) is 46.9 Å². The summed E-state index contributed by atoms with van der Waals surface area (Å²) in [6.45, 7) is 1.67. The first kappa shape index (κ1) is 14.0. The van der Waals surface area contributed by atoms with Crippen LogP contribution in [0.1, 0.15) is 18.5 Å². The molecule has 0 bridgehead atoms.